The van der Waals surface area contributed by atoms with Crippen LogP contribution in [0.4, 0.5) is 5.69 Å². The number of likely N-dealkylation sites (N-methyl/N-ethyl adjacent to an activating group) is 1. The Hall–Kier alpha value is -2.52. The number of carbonyl (C=O) groups is 1. The molecule has 3 aromatic carbocycles. The molecular weight excluding hydrogens is 332 g/mol. The van der Waals surface area contributed by atoms with E-state index in [1.807, 2.05) is 62.5 Å². The molecule has 1 N–H and O–H groups in total. The van der Waals surface area contributed by atoms with Crippen LogP contribution in [0, 0.1) is 0 Å². The van der Waals surface area contributed by atoms with Gasteiger partial charge in [0, 0.05) is 19.3 Å². The van der Waals surface area contributed by atoms with Crippen molar-refractivity contribution in [2.75, 3.05) is 12.4 Å². The number of rotatable bonds is 5. The molecule has 1 atom stereocenters. The summed E-state index contributed by atoms with van der Waals surface area (Å²) in [6, 6.07) is 24.1. The van der Waals surface area contributed by atoms with E-state index in [0.717, 1.165) is 11.3 Å². The van der Waals surface area contributed by atoms with Gasteiger partial charge in [-0.25, -0.2) is 0 Å². The fourth-order valence-electron chi connectivity index (χ4n) is 2.86. The van der Waals surface area contributed by atoms with Crippen LogP contribution in [0.15, 0.2) is 72.8 Å². The molecule has 0 unspecified atom stereocenters. The Kier molecular flexibility index (Phi) is 6.43. The molecule has 130 valence electrons. The second-order valence-corrected chi connectivity index (χ2v) is 6.11. The molecule has 1 amide bonds. The number of anilines is 1. The summed E-state index contributed by atoms with van der Waals surface area (Å²) in [4.78, 5) is 14.3. The molecule has 3 aromatic rings. The summed E-state index contributed by atoms with van der Waals surface area (Å²) in [5, 5.41) is 5.67. The molecule has 25 heavy (non-hydrogen) atoms. The van der Waals surface area contributed by atoms with Gasteiger partial charge in [0.1, 0.15) is 6.04 Å². The van der Waals surface area contributed by atoms with Crippen molar-refractivity contribution in [1.82, 2.24) is 4.90 Å². The van der Waals surface area contributed by atoms with E-state index in [1.165, 1.54) is 10.8 Å². The molecule has 0 fully saturated rings. The minimum absolute atomic E-state index is 0. The van der Waals surface area contributed by atoms with Crippen molar-refractivity contribution >= 4 is 34.8 Å². The van der Waals surface area contributed by atoms with Crippen molar-refractivity contribution in [2.24, 2.45) is 0 Å². The molecule has 0 spiro atoms. The maximum atomic E-state index is 12.6. The average molecular weight is 355 g/mol. The zero-order chi connectivity index (χ0) is 16.9. The van der Waals surface area contributed by atoms with E-state index in [0.29, 0.717) is 6.54 Å². The predicted octanol–water partition coefficient (Wildman–Crippen LogP) is 4.72. The fraction of sp³-hybridized carbons (Fsp3) is 0.190. The first kappa shape index (κ1) is 18.8. The quantitative estimate of drug-likeness (QED) is 0.719. The van der Waals surface area contributed by atoms with Gasteiger partial charge in [0.05, 0.1) is 0 Å². The van der Waals surface area contributed by atoms with Gasteiger partial charge >= 0.3 is 0 Å². The predicted molar refractivity (Wildman–Crippen MR) is 107 cm³/mol. The highest BCUT2D eigenvalue weighted by Crippen LogP contribution is 2.19. The molecule has 0 saturated heterocycles. The Labute approximate surface area is 155 Å². The van der Waals surface area contributed by atoms with Crippen molar-refractivity contribution < 1.29 is 4.79 Å². The first-order valence-electron chi connectivity index (χ1n) is 8.18. The summed E-state index contributed by atoms with van der Waals surface area (Å²) in [5.74, 6) is 0.0759. The van der Waals surface area contributed by atoms with Gasteiger partial charge in [0.2, 0.25) is 5.91 Å². The van der Waals surface area contributed by atoms with Gasteiger partial charge in [0.15, 0.2) is 0 Å². The number of halogens is 1. The maximum Gasteiger partial charge on any atom is 0.244 e. The third-order valence-electron chi connectivity index (χ3n) is 4.14. The number of nitrogens with zero attached hydrogens (tertiary/aromatic N) is 1. The van der Waals surface area contributed by atoms with Gasteiger partial charge in [-0.15, -0.1) is 12.4 Å². The SMILES string of the molecule is C[C@H](Nc1ccc2ccccc2c1)C(=O)N(C)Cc1ccccc1.Cl. The van der Waals surface area contributed by atoms with Crippen molar-refractivity contribution in [3.05, 3.63) is 78.4 Å². The summed E-state index contributed by atoms with van der Waals surface area (Å²) in [6.07, 6.45) is 0. The number of hydrogen-bond donors (Lipinski definition) is 1. The van der Waals surface area contributed by atoms with E-state index in [-0.39, 0.29) is 24.4 Å². The molecule has 3 rings (SSSR count). The van der Waals surface area contributed by atoms with Crippen LogP contribution in [0.3, 0.4) is 0 Å². The molecule has 0 aliphatic heterocycles. The second kappa shape index (κ2) is 8.54. The molecule has 0 radical (unpaired) electrons. The highest BCUT2D eigenvalue weighted by atomic mass is 35.5. The van der Waals surface area contributed by atoms with Gasteiger partial charge in [-0.2, -0.15) is 0 Å². The molecule has 0 bridgehead atoms. The van der Waals surface area contributed by atoms with Crippen LogP contribution in [0.1, 0.15) is 12.5 Å². The zero-order valence-corrected chi connectivity index (χ0v) is 15.3. The summed E-state index contributed by atoms with van der Waals surface area (Å²) < 4.78 is 0. The Morgan fingerprint density at radius 1 is 0.960 bits per heavy atom. The Bertz CT molecular complexity index is 835. The lowest BCUT2D eigenvalue weighted by Crippen LogP contribution is -2.38. The monoisotopic (exact) mass is 354 g/mol. The number of carbonyl (C=O) groups excluding carboxylic acids is 1. The third-order valence-corrected chi connectivity index (χ3v) is 4.14. The topological polar surface area (TPSA) is 32.3 Å². The van der Waals surface area contributed by atoms with Gasteiger partial charge in [0.25, 0.3) is 0 Å². The van der Waals surface area contributed by atoms with Crippen LogP contribution in [0.5, 0.6) is 0 Å². The third kappa shape index (κ3) is 4.74. The highest BCUT2D eigenvalue weighted by molar-refractivity contribution is 5.88. The van der Waals surface area contributed by atoms with Gasteiger partial charge in [-0.05, 0) is 35.4 Å². The number of amides is 1. The summed E-state index contributed by atoms with van der Waals surface area (Å²) in [6.45, 7) is 2.52. The Morgan fingerprint density at radius 2 is 1.60 bits per heavy atom. The van der Waals surface area contributed by atoms with E-state index in [2.05, 4.69) is 29.6 Å². The van der Waals surface area contributed by atoms with Crippen LogP contribution >= 0.6 is 12.4 Å². The van der Waals surface area contributed by atoms with Crippen LogP contribution < -0.4 is 5.32 Å². The lowest BCUT2D eigenvalue weighted by atomic mass is 10.1. The molecule has 0 aliphatic rings. The van der Waals surface area contributed by atoms with E-state index in [9.17, 15) is 4.79 Å². The van der Waals surface area contributed by atoms with Gasteiger partial charge < -0.3 is 10.2 Å². The highest BCUT2D eigenvalue weighted by Gasteiger charge is 2.17. The largest absolute Gasteiger partial charge is 0.374 e. The first-order chi connectivity index (χ1) is 11.6. The summed E-state index contributed by atoms with van der Waals surface area (Å²) in [5.41, 5.74) is 2.09. The van der Waals surface area contributed by atoms with Crippen LogP contribution in [0.25, 0.3) is 10.8 Å². The van der Waals surface area contributed by atoms with Crippen LogP contribution in [-0.2, 0) is 11.3 Å². The molecular formula is C21H23ClN2O. The molecule has 0 heterocycles. The maximum absolute atomic E-state index is 12.6. The Balaban J connectivity index is 0.00000225. The van der Waals surface area contributed by atoms with Gasteiger partial charge in [-0.1, -0.05) is 60.7 Å². The summed E-state index contributed by atoms with van der Waals surface area (Å²) in [7, 11) is 1.84. The smallest absolute Gasteiger partial charge is 0.244 e. The van der Waals surface area contributed by atoms with Crippen LogP contribution in [0.2, 0.25) is 0 Å². The van der Waals surface area contributed by atoms with E-state index in [1.54, 1.807) is 4.90 Å². The number of benzene rings is 3. The molecule has 0 aromatic heterocycles. The zero-order valence-electron chi connectivity index (χ0n) is 14.5. The Morgan fingerprint density at radius 3 is 2.32 bits per heavy atom. The molecule has 0 saturated carbocycles. The number of fused-ring (bicyclic) bond motifs is 1. The number of hydrogen-bond acceptors (Lipinski definition) is 2. The van der Waals surface area contributed by atoms with E-state index < -0.39 is 0 Å². The first-order valence-corrected chi connectivity index (χ1v) is 8.18. The van der Waals surface area contributed by atoms with Crippen LogP contribution in [-0.4, -0.2) is 23.9 Å². The van der Waals surface area contributed by atoms with Crippen molar-refractivity contribution in [2.45, 2.75) is 19.5 Å². The second-order valence-electron chi connectivity index (χ2n) is 6.11. The normalized spacial score (nSPS) is 11.4. The van der Waals surface area contributed by atoms with E-state index in [4.69, 9.17) is 0 Å². The minimum Gasteiger partial charge on any atom is -0.374 e. The van der Waals surface area contributed by atoms with Gasteiger partial charge in [-0.3, -0.25) is 4.79 Å². The van der Waals surface area contributed by atoms with Crippen molar-refractivity contribution in [1.29, 1.82) is 0 Å². The molecule has 0 aliphatic carbocycles. The van der Waals surface area contributed by atoms with E-state index >= 15 is 0 Å². The average Bonchev–Trinajstić information content (AvgIpc) is 2.61. The van der Waals surface area contributed by atoms with Crippen molar-refractivity contribution in [3.63, 3.8) is 0 Å². The lowest BCUT2D eigenvalue weighted by Gasteiger charge is -2.23. The van der Waals surface area contributed by atoms with Crippen molar-refractivity contribution in [3.8, 4) is 0 Å². The molecule has 4 heteroatoms. The lowest BCUT2D eigenvalue weighted by molar-refractivity contribution is -0.130. The minimum atomic E-state index is -0.278. The summed E-state index contributed by atoms with van der Waals surface area (Å²) >= 11 is 0. The number of nitrogens with one attached hydrogen (secondary N) is 1. The standard InChI is InChI=1S/C21H22N2O.ClH/c1-16(21(24)23(2)15-17-8-4-3-5-9-17)22-20-13-12-18-10-6-7-11-19(18)14-20;/h3-14,16,22H,15H2,1-2H3;1H/t16-;/m0./s1. The fourth-order valence-corrected chi connectivity index (χ4v) is 2.86. The molecule has 3 nitrogen and oxygen atoms in total.